The summed E-state index contributed by atoms with van der Waals surface area (Å²) in [6.45, 7) is 10.6. The molecule has 0 saturated carbocycles. The number of nitriles is 1. The average Bonchev–Trinajstić information content (AvgIpc) is 3.36. The summed E-state index contributed by atoms with van der Waals surface area (Å²) < 4.78 is 14.6. The van der Waals surface area contributed by atoms with E-state index in [1.165, 1.54) is 17.7 Å². The van der Waals surface area contributed by atoms with E-state index in [4.69, 9.17) is 5.26 Å². The number of hydrogen-bond donors (Lipinski definition) is 2. The summed E-state index contributed by atoms with van der Waals surface area (Å²) in [5.74, 6) is 0.0262. The van der Waals surface area contributed by atoms with E-state index in [9.17, 15) is 9.18 Å². The predicted molar refractivity (Wildman–Crippen MR) is 140 cm³/mol. The van der Waals surface area contributed by atoms with Gasteiger partial charge < -0.3 is 10.6 Å². The van der Waals surface area contributed by atoms with Gasteiger partial charge in [0.05, 0.1) is 11.3 Å². The van der Waals surface area contributed by atoms with Crippen LogP contribution >= 0.6 is 0 Å². The van der Waals surface area contributed by atoms with Gasteiger partial charge in [-0.1, -0.05) is 58.0 Å². The molecule has 1 saturated heterocycles. The van der Waals surface area contributed by atoms with Crippen LogP contribution in [0, 0.1) is 29.0 Å². The second-order valence-corrected chi connectivity index (χ2v) is 8.85. The molecule has 2 aromatic carbocycles. The summed E-state index contributed by atoms with van der Waals surface area (Å²) in [5.41, 5.74) is 4.42. The number of amidine groups is 1. The van der Waals surface area contributed by atoms with Crippen LogP contribution in [0.1, 0.15) is 62.8 Å². The molecular formula is C29H35FN4O. The molecule has 2 atom stereocenters. The Kier molecular flexibility index (Phi) is 9.33. The molecule has 0 radical (unpaired) electrons. The highest BCUT2D eigenvalue weighted by Gasteiger charge is 2.29. The molecule has 2 aliphatic heterocycles. The van der Waals surface area contributed by atoms with Crippen LogP contribution in [-0.2, 0) is 11.2 Å². The largest absolute Gasteiger partial charge is 0.337 e. The van der Waals surface area contributed by atoms with Crippen LogP contribution in [0.5, 0.6) is 0 Å². The number of halogens is 1. The van der Waals surface area contributed by atoms with E-state index in [-0.39, 0.29) is 17.3 Å². The lowest BCUT2D eigenvalue weighted by Crippen LogP contribution is -2.30. The number of hydrogen-bond acceptors (Lipinski definition) is 4. The summed E-state index contributed by atoms with van der Waals surface area (Å²) in [4.78, 5) is 17.8. The van der Waals surface area contributed by atoms with Crippen LogP contribution in [-0.4, -0.2) is 31.3 Å². The Balaban J connectivity index is 0.00000167. The number of allylic oxidation sites excluding steroid dienone is 1. The molecule has 4 rings (SSSR count). The number of carbonyl (C=O) groups is 1. The first-order valence-corrected chi connectivity index (χ1v) is 12.6. The lowest BCUT2D eigenvalue weighted by atomic mass is 9.87. The third kappa shape index (κ3) is 6.23. The standard InChI is InChI=1S/C27H29FN4O.C2H6/c1-3-18-4-6-20(7-5-18)25-17(2)12-24(33)27(31-16-19-10-11-30-15-19)32-26(25)21-8-9-22(14-29)23(28)13-21;1-2/h4-9,13,17,19,30H,3,10-12,15-16H2,1-2H3,(H,31,32);1-2H3. The summed E-state index contributed by atoms with van der Waals surface area (Å²) in [6.07, 6.45) is 2.30. The minimum absolute atomic E-state index is 0.00595. The predicted octanol–water partition coefficient (Wildman–Crippen LogP) is 5.36. The molecule has 6 heteroatoms. The van der Waals surface area contributed by atoms with Gasteiger partial charge in [0.15, 0.2) is 11.6 Å². The van der Waals surface area contributed by atoms with Gasteiger partial charge >= 0.3 is 0 Å². The monoisotopic (exact) mass is 474 g/mol. The van der Waals surface area contributed by atoms with E-state index in [2.05, 4.69) is 46.8 Å². The second-order valence-electron chi connectivity index (χ2n) is 8.85. The highest BCUT2D eigenvalue weighted by atomic mass is 19.1. The molecule has 2 N–H and O–H groups in total. The first-order chi connectivity index (χ1) is 17.0. The van der Waals surface area contributed by atoms with Gasteiger partial charge in [-0.15, -0.1) is 0 Å². The number of aliphatic imine (C=N–C) groups is 1. The summed E-state index contributed by atoms with van der Waals surface area (Å²) >= 11 is 0. The molecule has 184 valence electrons. The van der Waals surface area contributed by atoms with Crippen molar-refractivity contribution in [2.45, 2.75) is 47.0 Å². The van der Waals surface area contributed by atoms with Crippen molar-refractivity contribution in [3.05, 3.63) is 70.5 Å². The maximum absolute atomic E-state index is 14.6. The molecule has 0 aromatic heterocycles. The van der Waals surface area contributed by atoms with Crippen molar-refractivity contribution in [2.75, 3.05) is 19.6 Å². The van der Waals surface area contributed by atoms with Crippen molar-refractivity contribution in [2.24, 2.45) is 16.8 Å². The highest BCUT2D eigenvalue weighted by molar-refractivity contribution is 6.41. The Labute approximate surface area is 208 Å². The number of Topliss-reactive ketones (excluding diaryl/α,β-unsaturated/α-hetero) is 1. The Morgan fingerprint density at radius 3 is 2.46 bits per heavy atom. The van der Waals surface area contributed by atoms with E-state index in [0.29, 0.717) is 36.0 Å². The fraction of sp³-hybridized carbons (Fsp3) is 0.414. The van der Waals surface area contributed by atoms with Gasteiger partial charge in [-0.05, 0) is 66.6 Å². The van der Waals surface area contributed by atoms with Crippen LogP contribution < -0.4 is 10.6 Å². The van der Waals surface area contributed by atoms with Gasteiger partial charge in [0.25, 0.3) is 0 Å². The fourth-order valence-electron chi connectivity index (χ4n) is 4.53. The number of aryl methyl sites for hydroxylation is 1. The van der Waals surface area contributed by atoms with Gasteiger partial charge in [0, 0.05) is 18.5 Å². The number of nitrogens with zero attached hydrogens (tertiary/aromatic N) is 2. The Hall–Kier alpha value is -3.30. The van der Waals surface area contributed by atoms with Gasteiger partial charge in [-0.25, -0.2) is 4.39 Å². The Morgan fingerprint density at radius 1 is 1.14 bits per heavy atom. The number of rotatable bonds is 5. The van der Waals surface area contributed by atoms with E-state index in [1.807, 2.05) is 26.8 Å². The third-order valence-electron chi connectivity index (χ3n) is 6.48. The smallest absolute Gasteiger partial charge is 0.198 e. The van der Waals surface area contributed by atoms with Gasteiger partial charge in [0.1, 0.15) is 11.9 Å². The fourth-order valence-corrected chi connectivity index (χ4v) is 4.53. The maximum Gasteiger partial charge on any atom is 0.198 e. The molecule has 5 nitrogen and oxygen atoms in total. The maximum atomic E-state index is 14.6. The molecule has 2 unspecified atom stereocenters. The van der Waals surface area contributed by atoms with E-state index in [1.54, 1.807) is 6.07 Å². The van der Waals surface area contributed by atoms with Crippen molar-refractivity contribution in [3.8, 4) is 6.07 Å². The highest BCUT2D eigenvalue weighted by Crippen LogP contribution is 2.35. The summed E-state index contributed by atoms with van der Waals surface area (Å²) in [6, 6.07) is 14.7. The minimum atomic E-state index is -0.580. The molecule has 1 fully saturated rings. The molecule has 0 aliphatic carbocycles. The number of ketones is 1. The normalized spacial score (nSPS) is 21.1. The zero-order valence-electron chi connectivity index (χ0n) is 21.1. The van der Waals surface area contributed by atoms with Gasteiger partial charge in [0.2, 0.25) is 0 Å². The van der Waals surface area contributed by atoms with Crippen LogP contribution in [0.25, 0.3) is 11.3 Å². The zero-order valence-corrected chi connectivity index (χ0v) is 21.1. The lowest BCUT2D eigenvalue weighted by molar-refractivity contribution is -0.113. The average molecular weight is 475 g/mol. The number of benzene rings is 2. The van der Waals surface area contributed by atoms with Crippen LogP contribution in [0.4, 0.5) is 4.39 Å². The van der Waals surface area contributed by atoms with E-state index < -0.39 is 5.82 Å². The Bertz CT molecular complexity index is 1140. The van der Waals surface area contributed by atoms with Crippen molar-refractivity contribution >= 4 is 22.9 Å². The summed E-state index contributed by atoms with van der Waals surface area (Å²) in [5, 5.41) is 15.8. The quantitative estimate of drug-likeness (QED) is 0.612. The molecule has 2 aromatic rings. The van der Waals surface area contributed by atoms with Crippen molar-refractivity contribution < 1.29 is 9.18 Å². The van der Waals surface area contributed by atoms with Crippen LogP contribution in [0.15, 0.2) is 47.5 Å². The van der Waals surface area contributed by atoms with Crippen molar-refractivity contribution in [1.82, 2.24) is 10.6 Å². The van der Waals surface area contributed by atoms with Gasteiger partial charge in [-0.2, -0.15) is 5.26 Å². The Morgan fingerprint density at radius 2 is 1.86 bits per heavy atom. The molecular weight excluding hydrogens is 439 g/mol. The van der Waals surface area contributed by atoms with E-state index in [0.717, 1.165) is 37.1 Å². The van der Waals surface area contributed by atoms with Crippen molar-refractivity contribution in [1.29, 1.82) is 5.26 Å². The molecule has 0 bridgehead atoms. The SMILES string of the molecule is CC.CCc1ccc(C2=C(c3ccc(C#N)c(F)c3)NC(=NCC3CCNC3)C(=O)CC2C)cc1. The van der Waals surface area contributed by atoms with Gasteiger partial charge in [-0.3, -0.25) is 9.79 Å². The second kappa shape index (κ2) is 12.4. The zero-order chi connectivity index (χ0) is 25.4. The van der Waals surface area contributed by atoms with Crippen molar-refractivity contribution in [3.63, 3.8) is 0 Å². The minimum Gasteiger partial charge on any atom is -0.337 e. The first-order valence-electron chi connectivity index (χ1n) is 12.6. The molecule has 35 heavy (non-hydrogen) atoms. The number of nitrogens with one attached hydrogen (secondary N) is 2. The molecule has 0 spiro atoms. The topological polar surface area (TPSA) is 77.3 Å². The van der Waals surface area contributed by atoms with Crippen LogP contribution in [0.3, 0.4) is 0 Å². The third-order valence-corrected chi connectivity index (χ3v) is 6.48. The summed E-state index contributed by atoms with van der Waals surface area (Å²) in [7, 11) is 0. The molecule has 2 aliphatic rings. The number of carbonyl (C=O) groups excluding carboxylic acids is 1. The molecule has 2 heterocycles. The van der Waals surface area contributed by atoms with E-state index >= 15 is 0 Å². The van der Waals surface area contributed by atoms with Crippen LogP contribution in [0.2, 0.25) is 0 Å². The first kappa shape index (κ1) is 26.3. The molecule has 0 amide bonds. The lowest BCUT2D eigenvalue weighted by Gasteiger charge is -2.19.